The molecule has 3 heterocycles. The van der Waals surface area contributed by atoms with Crippen LogP contribution in [0.3, 0.4) is 0 Å². The Kier molecular flexibility index (Phi) is 13.1. The number of amides is 2. The summed E-state index contributed by atoms with van der Waals surface area (Å²) in [5, 5.41) is 14.9. The van der Waals surface area contributed by atoms with Crippen molar-refractivity contribution in [1.29, 1.82) is 0 Å². The third-order valence-electron chi connectivity index (χ3n) is 7.77. The Morgan fingerprint density at radius 2 is 1.33 bits per heavy atom. The van der Waals surface area contributed by atoms with Crippen LogP contribution in [0.1, 0.15) is 123 Å². The zero-order valence-corrected chi connectivity index (χ0v) is 28.6. The monoisotopic (exact) mass is 650 g/mol. The third kappa shape index (κ3) is 12.7. The molecule has 2 saturated carbocycles. The van der Waals surface area contributed by atoms with Gasteiger partial charge in [-0.15, -0.1) is 0 Å². The van der Waals surface area contributed by atoms with Crippen LogP contribution in [0, 0.1) is 11.8 Å². The van der Waals surface area contributed by atoms with E-state index in [2.05, 4.69) is 15.3 Å². The van der Waals surface area contributed by atoms with Crippen LogP contribution in [0.4, 0.5) is 9.59 Å². The number of carbonyl (C=O) groups excluding carboxylic acids is 3. The van der Waals surface area contributed by atoms with Crippen molar-refractivity contribution in [3.05, 3.63) is 11.7 Å². The van der Waals surface area contributed by atoms with E-state index in [1.54, 1.807) is 16.7 Å². The largest absolute Gasteiger partial charge is 0.466 e. The first kappa shape index (κ1) is 36.9. The highest BCUT2D eigenvalue weighted by molar-refractivity contribution is 5.84. The van der Waals surface area contributed by atoms with E-state index in [-0.39, 0.29) is 30.0 Å². The maximum absolute atomic E-state index is 12.0. The van der Waals surface area contributed by atoms with Gasteiger partial charge >= 0.3 is 18.2 Å². The van der Waals surface area contributed by atoms with Crippen molar-refractivity contribution < 1.29 is 38.3 Å². The molecule has 4 fully saturated rings. The zero-order chi connectivity index (χ0) is 34.1. The van der Waals surface area contributed by atoms with Gasteiger partial charge in [-0.1, -0.05) is 10.3 Å². The molecule has 2 aliphatic carbocycles. The smallest absolute Gasteiger partial charge is 0.410 e. The number of rotatable bonds is 5. The lowest BCUT2D eigenvalue weighted by Crippen LogP contribution is -2.43. The van der Waals surface area contributed by atoms with Crippen LogP contribution in [0.2, 0.25) is 0 Å². The molecule has 1 aromatic heterocycles. The van der Waals surface area contributed by atoms with Crippen LogP contribution in [0.5, 0.6) is 0 Å². The average Bonchev–Trinajstić information content (AvgIpc) is 3.94. The second-order valence-electron chi connectivity index (χ2n) is 14.3. The lowest BCUT2D eigenvalue weighted by molar-refractivity contribution is -0.149. The first-order chi connectivity index (χ1) is 21.6. The molecule has 4 aliphatic rings. The molecule has 1 aromatic rings. The standard InChI is InChI=1S/C15H23N3O3.C13H23NO4.C4H8N2O/c1-15(2,3)20-14(19)18-8-6-11(7-9-18)13-16-12(17-21-13)10-4-5-10;1-5-17-11(15)10-6-8-14(9-7-10)12(16)18-13(2,3)4;5-4(6-7)3-1-2-3/h10-11H,4-9H2,1-3H3;10H,5-9H2,1-4H3;3,7H,1-2H2,(H2,5,6). The van der Waals surface area contributed by atoms with Crippen LogP contribution in [0.15, 0.2) is 9.68 Å². The molecule has 0 spiro atoms. The zero-order valence-electron chi connectivity index (χ0n) is 28.6. The Hall–Kier alpha value is -3.58. The number of carbonyl (C=O) groups is 3. The lowest BCUT2D eigenvalue weighted by Gasteiger charge is -2.32. The number of piperidine rings is 2. The first-order valence-corrected chi connectivity index (χ1v) is 16.5. The van der Waals surface area contributed by atoms with Gasteiger partial charge in [0.1, 0.15) is 17.0 Å². The van der Waals surface area contributed by atoms with Gasteiger partial charge < -0.3 is 39.5 Å². The van der Waals surface area contributed by atoms with E-state index in [0.29, 0.717) is 63.3 Å². The molecule has 14 nitrogen and oxygen atoms in total. The van der Waals surface area contributed by atoms with Gasteiger partial charge in [0.15, 0.2) is 5.82 Å². The van der Waals surface area contributed by atoms with Gasteiger partial charge in [-0.2, -0.15) is 4.98 Å². The number of likely N-dealkylation sites (tertiary alicyclic amines) is 2. The topological polar surface area (TPSA) is 183 Å². The van der Waals surface area contributed by atoms with Gasteiger partial charge in [-0.05, 0) is 99.8 Å². The van der Waals surface area contributed by atoms with Crippen molar-refractivity contribution in [3.8, 4) is 0 Å². The van der Waals surface area contributed by atoms with E-state index in [1.165, 1.54) is 12.8 Å². The van der Waals surface area contributed by atoms with Crippen molar-refractivity contribution in [3.63, 3.8) is 0 Å². The van der Waals surface area contributed by atoms with Gasteiger partial charge in [0.05, 0.1) is 12.5 Å². The maximum Gasteiger partial charge on any atom is 0.410 e. The van der Waals surface area contributed by atoms with Crippen LogP contribution < -0.4 is 5.73 Å². The van der Waals surface area contributed by atoms with E-state index < -0.39 is 11.2 Å². The summed E-state index contributed by atoms with van der Waals surface area (Å²) in [7, 11) is 0. The predicted molar refractivity (Wildman–Crippen MR) is 169 cm³/mol. The molecule has 2 aliphatic heterocycles. The van der Waals surface area contributed by atoms with Crippen LogP contribution in [0.25, 0.3) is 0 Å². The minimum absolute atomic E-state index is 0.0800. The van der Waals surface area contributed by atoms with Crippen LogP contribution in [-0.2, 0) is 19.0 Å². The Bertz CT molecular complexity index is 1170. The number of nitrogens with two attached hydrogens (primary N) is 1. The molecule has 260 valence electrons. The molecule has 2 saturated heterocycles. The molecule has 46 heavy (non-hydrogen) atoms. The lowest BCUT2D eigenvalue weighted by atomic mass is 9.97. The van der Waals surface area contributed by atoms with E-state index in [9.17, 15) is 14.4 Å². The predicted octanol–water partition coefficient (Wildman–Crippen LogP) is 5.40. The van der Waals surface area contributed by atoms with Gasteiger partial charge in [-0.25, -0.2) is 9.59 Å². The van der Waals surface area contributed by atoms with Gasteiger partial charge in [0, 0.05) is 43.9 Å². The SMILES string of the molecule is CC(C)(C)OC(=O)N1CCC(c2nc(C3CC3)no2)CC1.CCOC(=O)C1CCN(C(=O)OC(C)(C)C)CC1.NC(=NO)C1CC1. The van der Waals surface area contributed by atoms with Gasteiger partial charge in [0.25, 0.3) is 0 Å². The highest BCUT2D eigenvalue weighted by atomic mass is 16.6. The highest BCUT2D eigenvalue weighted by Gasteiger charge is 2.33. The number of nitrogens with zero attached hydrogens (tertiary/aromatic N) is 5. The number of ether oxygens (including phenoxy) is 3. The summed E-state index contributed by atoms with van der Waals surface area (Å²) < 4.78 is 21.1. The van der Waals surface area contributed by atoms with Gasteiger partial charge in [-0.3, -0.25) is 4.79 Å². The third-order valence-corrected chi connectivity index (χ3v) is 7.77. The molecule has 3 N–H and O–H groups in total. The molecule has 5 rings (SSSR count). The normalized spacial score (nSPS) is 19.7. The fourth-order valence-corrected chi connectivity index (χ4v) is 4.90. The molecule has 0 radical (unpaired) electrons. The number of hydrogen-bond donors (Lipinski definition) is 2. The second kappa shape index (κ2) is 16.3. The van der Waals surface area contributed by atoms with E-state index in [0.717, 1.165) is 37.4 Å². The summed E-state index contributed by atoms with van der Waals surface area (Å²) in [5.74, 6) is 2.93. The number of esters is 1. The molecular weight excluding hydrogens is 596 g/mol. The quantitative estimate of drug-likeness (QED) is 0.104. The molecular formula is C32H54N6O8. The molecule has 0 atom stereocenters. The summed E-state index contributed by atoms with van der Waals surface area (Å²) in [6, 6.07) is 0. The first-order valence-electron chi connectivity index (χ1n) is 16.5. The molecule has 14 heteroatoms. The summed E-state index contributed by atoms with van der Waals surface area (Å²) in [4.78, 5) is 43.3. The Morgan fingerprint density at radius 3 is 1.72 bits per heavy atom. The number of amidine groups is 1. The molecule has 0 aromatic carbocycles. The minimum Gasteiger partial charge on any atom is -0.466 e. The van der Waals surface area contributed by atoms with Crippen molar-refractivity contribution >= 4 is 24.0 Å². The van der Waals surface area contributed by atoms with Crippen molar-refractivity contribution in [2.45, 2.75) is 123 Å². The summed E-state index contributed by atoms with van der Waals surface area (Å²) in [5.41, 5.74) is 4.26. The fourth-order valence-electron chi connectivity index (χ4n) is 4.90. The van der Waals surface area contributed by atoms with Gasteiger partial charge in [0.2, 0.25) is 5.89 Å². The average molecular weight is 651 g/mol. The molecule has 0 bridgehead atoms. The summed E-state index contributed by atoms with van der Waals surface area (Å²) in [6.07, 6.45) is 7.01. The number of aromatic nitrogens is 2. The second-order valence-corrected chi connectivity index (χ2v) is 14.3. The summed E-state index contributed by atoms with van der Waals surface area (Å²) in [6.45, 7) is 15.9. The van der Waals surface area contributed by atoms with Crippen molar-refractivity contribution in [1.82, 2.24) is 19.9 Å². The summed E-state index contributed by atoms with van der Waals surface area (Å²) >= 11 is 0. The van der Waals surface area contributed by atoms with E-state index in [4.69, 9.17) is 29.7 Å². The van der Waals surface area contributed by atoms with E-state index >= 15 is 0 Å². The van der Waals surface area contributed by atoms with Crippen LogP contribution >= 0.6 is 0 Å². The Balaban J connectivity index is 0.000000209. The Labute approximate surface area is 272 Å². The van der Waals surface area contributed by atoms with Crippen molar-refractivity contribution in [2.24, 2.45) is 22.7 Å². The fraction of sp³-hybridized carbons (Fsp3) is 0.812. The Morgan fingerprint density at radius 1 is 0.826 bits per heavy atom. The highest BCUT2D eigenvalue weighted by Crippen LogP contribution is 2.39. The maximum atomic E-state index is 12.0. The molecule has 2 amide bonds. The van der Waals surface area contributed by atoms with Crippen LogP contribution in [-0.4, -0.2) is 93.1 Å². The molecule has 0 unspecified atom stereocenters. The minimum atomic E-state index is -0.477. The van der Waals surface area contributed by atoms with Crippen molar-refractivity contribution in [2.75, 3.05) is 32.8 Å². The number of oxime groups is 1. The number of hydrogen-bond acceptors (Lipinski definition) is 11. The van der Waals surface area contributed by atoms with E-state index in [1.807, 2.05) is 41.5 Å².